The minimum atomic E-state index is -0.386. The average Bonchev–Trinajstić information content (AvgIpc) is 2.85. The number of anilines is 1. The van der Waals surface area contributed by atoms with Gasteiger partial charge in [0.05, 0.1) is 12.7 Å². The van der Waals surface area contributed by atoms with E-state index >= 15 is 0 Å². The third-order valence-corrected chi connectivity index (χ3v) is 3.74. The maximum Gasteiger partial charge on any atom is 0.227 e. The van der Waals surface area contributed by atoms with E-state index in [0.717, 1.165) is 0 Å². The van der Waals surface area contributed by atoms with Crippen LogP contribution in [0.2, 0.25) is 0 Å². The van der Waals surface area contributed by atoms with Crippen LogP contribution in [0.25, 0.3) is 0 Å². The van der Waals surface area contributed by atoms with Crippen molar-refractivity contribution < 1.29 is 18.7 Å². The van der Waals surface area contributed by atoms with Crippen LogP contribution in [0.5, 0.6) is 5.75 Å². The molecule has 0 aliphatic heterocycles. The molecule has 2 rings (SSSR count). The third-order valence-electron chi connectivity index (χ3n) is 3.74. The number of carbonyl (C=O) groups excluding carboxylic acids is 2. The van der Waals surface area contributed by atoms with Crippen molar-refractivity contribution in [2.24, 2.45) is 0 Å². The lowest BCUT2D eigenvalue weighted by Gasteiger charge is -2.07. The van der Waals surface area contributed by atoms with Gasteiger partial charge in [-0.3, -0.25) is 14.9 Å². The Balaban J connectivity index is 2.00. The highest BCUT2D eigenvalue weighted by atomic mass is 16.5. The van der Waals surface area contributed by atoms with Crippen LogP contribution in [-0.2, 0) is 4.79 Å². The van der Waals surface area contributed by atoms with Gasteiger partial charge in [-0.15, -0.1) is 0 Å². The van der Waals surface area contributed by atoms with Crippen molar-refractivity contribution >= 4 is 17.6 Å². The van der Waals surface area contributed by atoms with E-state index in [9.17, 15) is 9.59 Å². The van der Waals surface area contributed by atoms with E-state index in [-0.39, 0.29) is 30.4 Å². The fourth-order valence-electron chi connectivity index (χ4n) is 2.28. The molecule has 0 radical (unpaired) electrons. The molecule has 1 N–H and O–H groups in total. The molecule has 0 saturated carbocycles. The summed E-state index contributed by atoms with van der Waals surface area (Å²) in [5.41, 5.74) is 1.44. The number of benzene rings is 1. The first-order chi connectivity index (χ1) is 11.5. The maximum absolute atomic E-state index is 12.2. The molecule has 0 aliphatic rings. The summed E-state index contributed by atoms with van der Waals surface area (Å²) < 4.78 is 10.5. The van der Waals surface area contributed by atoms with Gasteiger partial charge in [-0.25, -0.2) is 0 Å². The molecule has 1 heterocycles. The number of para-hydroxylation sites is 1. The number of ether oxygens (including phenoxy) is 1. The Morgan fingerprint density at radius 3 is 2.62 bits per heavy atom. The monoisotopic (exact) mass is 326 g/mol. The van der Waals surface area contributed by atoms with E-state index in [1.807, 2.05) is 6.07 Å². The molecular weight excluding hydrogens is 308 g/mol. The van der Waals surface area contributed by atoms with E-state index in [4.69, 9.17) is 14.4 Å². The Kier molecular flexibility index (Phi) is 5.38. The molecular formula is C18H18N2O4. The zero-order valence-corrected chi connectivity index (χ0v) is 13.8. The molecule has 124 valence electrons. The van der Waals surface area contributed by atoms with Gasteiger partial charge >= 0.3 is 0 Å². The number of carbonyl (C=O) groups is 2. The molecule has 1 aromatic heterocycles. The number of ketones is 1. The van der Waals surface area contributed by atoms with Gasteiger partial charge in [0.25, 0.3) is 0 Å². The Labute approximate surface area is 140 Å². The number of aryl methyl sites for hydroxylation is 1. The Morgan fingerprint density at radius 1 is 1.25 bits per heavy atom. The third kappa shape index (κ3) is 3.63. The largest absolute Gasteiger partial charge is 0.496 e. The number of hydrogen-bond acceptors (Lipinski definition) is 5. The molecule has 1 amide bonds. The molecule has 24 heavy (non-hydrogen) atoms. The van der Waals surface area contributed by atoms with E-state index in [1.54, 1.807) is 38.1 Å². The highest BCUT2D eigenvalue weighted by Gasteiger charge is 2.18. The Bertz CT molecular complexity index is 815. The summed E-state index contributed by atoms with van der Waals surface area (Å²) in [6, 6.07) is 8.87. The van der Waals surface area contributed by atoms with Gasteiger partial charge in [-0.1, -0.05) is 12.1 Å². The quantitative estimate of drug-likeness (QED) is 0.822. The van der Waals surface area contributed by atoms with Gasteiger partial charge in [0, 0.05) is 18.4 Å². The highest BCUT2D eigenvalue weighted by molar-refractivity contribution is 6.01. The molecule has 1 aromatic carbocycles. The van der Waals surface area contributed by atoms with Gasteiger partial charge in [-0.05, 0) is 26.0 Å². The maximum atomic E-state index is 12.2. The zero-order chi connectivity index (χ0) is 17.7. The van der Waals surface area contributed by atoms with Crippen LogP contribution in [0.15, 0.2) is 28.7 Å². The van der Waals surface area contributed by atoms with E-state index in [0.29, 0.717) is 28.2 Å². The van der Waals surface area contributed by atoms with Crippen LogP contribution in [0.3, 0.4) is 0 Å². The van der Waals surface area contributed by atoms with Crippen molar-refractivity contribution in [2.75, 3.05) is 12.4 Å². The van der Waals surface area contributed by atoms with Crippen LogP contribution in [0.1, 0.15) is 40.1 Å². The fraction of sp³-hybridized carbons (Fsp3) is 0.278. The van der Waals surface area contributed by atoms with Crippen molar-refractivity contribution in [3.63, 3.8) is 0 Å². The molecule has 0 spiro atoms. The molecule has 2 aromatic rings. The number of nitriles is 1. The second-order valence-electron chi connectivity index (χ2n) is 5.27. The van der Waals surface area contributed by atoms with E-state index in [2.05, 4.69) is 5.32 Å². The summed E-state index contributed by atoms with van der Waals surface area (Å²) in [5, 5.41) is 11.7. The zero-order valence-electron chi connectivity index (χ0n) is 13.8. The lowest BCUT2D eigenvalue weighted by molar-refractivity contribution is -0.116. The van der Waals surface area contributed by atoms with Crippen LogP contribution < -0.4 is 10.1 Å². The molecule has 0 atom stereocenters. The highest BCUT2D eigenvalue weighted by Crippen LogP contribution is 2.25. The standard InChI is InChI=1S/C18H18N2O4/c1-11-12(2)24-18(14(11)10-19)20-17(22)9-8-15(21)13-6-4-5-7-16(13)23-3/h4-7H,8-9H2,1-3H3,(H,20,22). The molecule has 0 bridgehead atoms. The minimum absolute atomic E-state index is 0.0133. The van der Waals surface area contributed by atoms with Crippen LogP contribution >= 0.6 is 0 Å². The topological polar surface area (TPSA) is 92.3 Å². The Hall–Kier alpha value is -3.07. The Morgan fingerprint density at radius 2 is 1.96 bits per heavy atom. The summed E-state index contributed by atoms with van der Waals surface area (Å²) in [7, 11) is 1.49. The lowest BCUT2D eigenvalue weighted by Crippen LogP contribution is -2.14. The van der Waals surface area contributed by atoms with Crippen molar-refractivity contribution in [1.29, 1.82) is 5.26 Å². The number of Topliss-reactive ketones (excluding diaryl/α,β-unsaturated/α-hetero) is 1. The molecule has 6 nitrogen and oxygen atoms in total. The fourth-order valence-corrected chi connectivity index (χ4v) is 2.28. The predicted molar refractivity (Wildman–Crippen MR) is 88.1 cm³/mol. The average molecular weight is 326 g/mol. The van der Waals surface area contributed by atoms with Gasteiger partial charge in [0.1, 0.15) is 23.1 Å². The molecule has 0 aliphatic carbocycles. The van der Waals surface area contributed by atoms with Gasteiger partial charge in [0.2, 0.25) is 11.8 Å². The van der Waals surface area contributed by atoms with Crippen LogP contribution in [0.4, 0.5) is 5.88 Å². The first kappa shape index (κ1) is 17.3. The molecule has 0 saturated heterocycles. The second-order valence-corrected chi connectivity index (χ2v) is 5.27. The summed E-state index contributed by atoms with van der Waals surface area (Å²) in [4.78, 5) is 24.3. The first-order valence-electron chi connectivity index (χ1n) is 7.44. The molecule has 0 fully saturated rings. The van der Waals surface area contributed by atoms with Gasteiger partial charge in [-0.2, -0.15) is 5.26 Å². The number of furan rings is 1. The van der Waals surface area contributed by atoms with Gasteiger partial charge in [0.15, 0.2) is 5.78 Å². The van der Waals surface area contributed by atoms with E-state index < -0.39 is 0 Å². The smallest absolute Gasteiger partial charge is 0.227 e. The minimum Gasteiger partial charge on any atom is -0.496 e. The van der Waals surface area contributed by atoms with Crippen molar-refractivity contribution in [1.82, 2.24) is 0 Å². The molecule has 0 unspecified atom stereocenters. The summed E-state index contributed by atoms with van der Waals surface area (Å²) in [5.74, 6) is 0.611. The van der Waals surface area contributed by atoms with Gasteiger partial charge < -0.3 is 9.15 Å². The normalized spacial score (nSPS) is 10.1. The van der Waals surface area contributed by atoms with Crippen LogP contribution in [-0.4, -0.2) is 18.8 Å². The summed E-state index contributed by atoms with van der Waals surface area (Å²) in [6.45, 7) is 3.47. The van der Waals surface area contributed by atoms with Crippen molar-refractivity contribution in [2.45, 2.75) is 26.7 Å². The van der Waals surface area contributed by atoms with Crippen molar-refractivity contribution in [3.05, 3.63) is 46.7 Å². The number of amides is 1. The van der Waals surface area contributed by atoms with Crippen molar-refractivity contribution in [3.8, 4) is 11.8 Å². The number of rotatable bonds is 6. The molecule has 6 heteroatoms. The number of nitrogens with one attached hydrogen (secondary N) is 1. The number of methoxy groups -OCH3 is 1. The predicted octanol–water partition coefficient (Wildman–Crippen LogP) is 3.38. The number of hydrogen-bond donors (Lipinski definition) is 1. The summed E-state index contributed by atoms with van der Waals surface area (Å²) in [6.07, 6.45) is 0.0211. The first-order valence-corrected chi connectivity index (χ1v) is 7.44. The SMILES string of the molecule is COc1ccccc1C(=O)CCC(=O)Nc1oc(C)c(C)c1C#N. The van der Waals surface area contributed by atoms with E-state index in [1.165, 1.54) is 7.11 Å². The number of nitrogens with zero attached hydrogens (tertiary/aromatic N) is 1. The lowest BCUT2D eigenvalue weighted by atomic mass is 10.1. The van der Waals surface area contributed by atoms with Crippen LogP contribution in [0, 0.1) is 25.2 Å². The second kappa shape index (κ2) is 7.47. The summed E-state index contributed by atoms with van der Waals surface area (Å²) >= 11 is 0.